The van der Waals surface area contributed by atoms with E-state index in [1.54, 1.807) is 6.08 Å². The summed E-state index contributed by atoms with van der Waals surface area (Å²) in [5.41, 5.74) is 0. The summed E-state index contributed by atoms with van der Waals surface area (Å²) in [7, 11) is 0. The molecule has 0 fully saturated rings. The van der Waals surface area contributed by atoms with E-state index >= 15 is 0 Å². The molecule has 10 heavy (non-hydrogen) atoms. The summed E-state index contributed by atoms with van der Waals surface area (Å²) in [6.45, 7) is 6.20. The monoisotopic (exact) mass is 143 g/mol. The minimum absolute atomic E-state index is 0.0711. The van der Waals surface area contributed by atoms with Crippen LogP contribution in [0.3, 0.4) is 0 Å². The highest BCUT2D eigenvalue weighted by molar-refractivity contribution is 4.78. The zero-order valence-electron chi connectivity index (χ0n) is 6.25. The minimum Gasteiger partial charge on any atom is -0.372 e. The van der Waals surface area contributed by atoms with E-state index in [1.165, 1.54) is 0 Å². The number of nitroso groups, excluding NO2 is 1. The minimum atomic E-state index is 0.0711. The number of hydrogen-bond donors (Lipinski definition) is 0. The third-order valence-electron chi connectivity index (χ3n) is 1.18. The van der Waals surface area contributed by atoms with Crippen molar-refractivity contribution < 1.29 is 4.74 Å². The topological polar surface area (TPSA) is 38.7 Å². The van der Waals surface area contributed by atoms with Crippen LogP contribution in [0.2, 0.25) is 0 Å². The quantitative estimate of drug-likeness (QED) is 0.322. The zero-order chi connectivity index (χ0) is 7.82. The summed E-state index contributed by atoms with van der Waals surface area (Å²) in [5, 5.41) is 2.67. The smallest absolute Gasteiger partial charge is 0.104 e. The molecule has 0 amide bonds. The van der Waals surface area contributed by atoms with E-state index in [1.807, 2.05) is 6.92 Å². The van der Waals surface area contributed by atoms with Gasteiger partial charge in [-0.3, -0.25) is 0 Å². The maximum Gasteiger partial charge on any atom is 0.104 e. The molecule has 0 bridgehead atoms. The van der Waals surface area contributed by atoms with Crippen molar-refractivity contribution in [2.45, 2.75) is 19.4 Å². The Morgan fingerprint density at radius 3 is 2.90 bits per heavy atom. The number of rotatable bonds is 6. The highest BCUT2D eigenvalue weighted by atomic mass is 16.5. The summed E-state index contributed by atoms with van der Waals surface area (Å²) in [6, 6.07) is 0. The maximum absolute atomic E-state index is 9.61. The summed E-state index contributed by atoms with van der Waals surface area (Å²) in [6.07, 6.45) is 2.69. The number of ether oxygens (including phenoxy) is 1. The van der Waals surface area contributed by atoms with Crippen molar-refractivity contribution in [1.29, 1.82) is 0 Å². The van der Waals surface area contributed by atoms with Crippen LogP contribution in [0.4, 0.5) is 0 Å². The highest BCUT2D eigenvalue weighted by Crippen LogP contribution is 1.97. The zero-order valence-corrected chi connectivity index (χ0v) is 6.25. The first-order chi connectivity index (χ1) is 4.85. The van der Waals surface area contributed by atoms with Gasteiger partial charge in [0.15, 0.2) is 0 Å². The molecule has 0 rings (SSSR count). The molecule has 3 nitrogen and oxygen atoms in total. The van der Waals surface area contributed by atoms with Gasteiger partial charge in [0.1, 0.15) is 6.54 Å². The molecule has 1 atom stereocenters. The van der Waals surface area contributed by atoms with Gasteiger partial charge in [0.2, 0.25) is 0 Å². The van der Waals surface area contributed by atoms with Crippen LogP contribution >= 0.6 is 0 Å². The second-order valence-electron chi connectivity index (χ2n) is 1.91. The SMILES string of the molecule is C=CC(CC)OCCN=O. The molecule has 0 heterocycles. The number of nitrogens with zero attached hydrogens (tertiary/aromatic N) is 1. The largest absolute Gasteiger partial charge is 0.372 e. The lowest BCUT2D eigenvalue weighted by Gasteiger charge is -2.08. The second-order valence-corrected chi connectivity index (χ2v) is 1.91. The van der Waals surface area contributed by atoms with Crippen LogP contribution in [0.1, 0.15) is 13.3 Å². The molecule has 3 heteroatoms. The van der Waals surface area contributed by atoms with Gasteiger partial charge < -0.3 is 4.74 Å². The van der Waals surface area contributed by atoms with Gasteiger partial charge in [-0.2, -0.15) is 4.91 Å². The van der Waals surface area contributed by atoms with Crippen LogP contribution in [-0.4, -0.2) is 19.3 Å². The molecule has 0 aliphatic heterocycles. The van der Waals surface area contributed by atoms with Crippen LogP contribution < -0.4 is 0 Å². The lowest BCUT2D eigenvalue weighted by atomic mass is 10.3. The highest BCUT2D eigenvalue weighted by Gasteiger charge is 1.98. The summed E-state index contributed by atoms with van der Waals surface area (Å²) < 4.78 is 5.17. The maximum atomic E-state index is 9.61. The van der Waals surface area contributed by atoms with E-state index in [-0.39, 0.29) is 12.6 Å². The Labute approximate surface area is 61.0 Å². The molecule has 0 radical (unpaired) electrons. The van der Waals surface area contributed by atoms with E-state index in [9.17, 15) is 4.91 Å². The van der Waals surface area contributed by atoms with Gasteiger partial charge in [0, 0.05) is 0 Å². The van der Waals surface area contributed by atoms with Crippen molar-refractivity contribution >= 4 is 0 Å². The Morgan fingerprint density at radius 1 is 1.80 bits per heavy atom. The van der Waals surface area contributed by atoms with E-state index in [0.29, 0.717) is 6.61 Å². The van der Waals surface area contributed by atoms with E-state index in [2.05, 4.69) is 11.8 Å². The first-order valence-corrected chi connectivity index (χ1v) is 3.38. The van der Waals surface area contributed by atoms with Gasteiger partial charge >= 0.3 is 0 Å². The normalized spacial score (nSPS) is 12.5. The molecule has 0 saturated heterocycles. The lowest BCUT2D eigenvalue weighted by Crippen LogP contribution is -2.10. The van der Waals surface area contributed by atoms with Gasteiger partial charge in [-0.1, -0.05) is 18.2 Å². The molecule has 1 unspecified atom stereocenters. The van der Waals surface area contributed by atoms with Crippen molar-refractivity contribution in [1.82, 2.24) is 0 Å². The van der Waals surface area contributed by atoms with Gasteiger partial charge in [-0.15, -0.1) is 6.58 Å². The molecule has 58 valence electrons. The Balaban J connectivity index is 3.25. The first-order valence-electron chi connectivity index (χ1n) is 3.38. The van der Waals surface area contributed by atoms with Crippen LogP contribution in [0.5, 0.6) is 0 Å². The average molecular weight is 143 g/mol. The molecule has 0 aliphatic rings. The Bertz CT molecular complexity index is 104. The molecular formula is C7H13NO2. The van der Waals surface area contributed by atoms with Crippen molar-refractivity contribution in [3.05, 3.63) is 17.6 Å². The van der Waals surface area contributed by atoms with Gasteiger partial charge in [-0.05, 0) is 6.42 Å². The predicted octanol–water partition coefficient (Wildman–Crippen LogP) is 1.73. The van der Waals surface area contributed by atoms with Crippen molar-refractivity contribution in [3.8, 4) is 0 Å². The third kappa shape index (κ3) is 4.21. The fourth-order valence-corrected chi connectivity index (χ4v) is 0.594. The Hall–Kier alpha value is -0.700. The predicted molar refractivity (Wildman–Crippen MR) is 40.9 cm³/mol. The molecule has 0 N–H and O–H groups in total. The Morgan fingerprint density at radius 2 is 2.50 bits per heavy atom. The van der Waals surface area contributed by atoms with Crippen LogP contribution in [-0.2, 0) is 4.74 Å². The standard InChI is InChI=1S/C7H13NO2/c1-3-7(4-2)10-6-5-8-9/h3,7H,1,4-6H2,2H3. The van der Waals surface area contributed by atoms with E-state index in [4.69, 9.17) is 4.74 Å². The van der Waals surface area contributed by atoms with Crippen molar-refractivity contribution in [2.75, 3.05) is 13.2 Å². The van der Waals surface area contributed by atoms with Gasteiger partial charge in [-0.25, -0.2) is 0 Å². The first kappa shape index (κ1) is 9.30. The van der Waals surface area contributed by atoms with E-state index in [0.717, 1.165) is 6.42 Å². The lowest BCUT2D eigenvalue weighted by molar-refractivity contribution is 0.0893. The second kappa shape index (κ2) is 6.42. The van der Waals surface area contributed by atoms with Crippen LogP contribution in [0.25, 0.3) is 0 Å². The van der Waals surface area contributed by atoms with E-state index < -0.39 is 0 Å². The third-order valence-corrected chi connectivity index (χ3v) is 1.18. The molecule has 0 aromatic rings. The van der Waals surface area contributed by atoms with Crippen LogP contribution in [0.15, 0.2) is 17.8 Å². The molecule has 0 saturated carbocycles. The Kier molecular flexibility index (Phi) is 5.97. The fourth-order valence-electron chi connectivity index (χ4n) is 0.594. The van der Waals surface area contributed by atoms with Gasteiger partial charge in [0.05, 0.1) is 12.7 Å². The molecular weight excluding hydrogens is 130 g/mol. The molecule has 0 aromatic carbocycles. The van der Waals surface area contributed by atoms with Crippen molar-refractivity contribution in [2.24, 2.45) is 5.18 Å². The fraction of sp³-hybridized carbons (Fsp3) is 0.714. The van der Waals surface area contributed by atoms with Crippen molar-refractivity contribution in [3.63, 3.8) is 0 Å². The van der Waals surface area contributed by atoms with Gasteiger partial charge in [0.25, 0.3) is 0 Å². The summed E-state index contributed by atoms with van der Waals surface area (Å²) in [4.78, 5) is 9.61. The molecule has 0 aromatic heterocycles. The molecule has 0 aliphatic carbocycles. The summed E-state index contributed by atoms with van der Waals surface area (Å²) in [5.74, 6) is 0. The number of hydrogen-bond acceptors (Lipinski definition) is 3. The molecule has 0 spiro atoms. The summed E-state index contributed by atoms with van der Waals surface area (Å²) >= 11 is 0. The van der Waals surface area contributed by atoms with Crippen LogP contribution in [0, 0.1) is 4.91 Å². The average Bonchev–Trinajstić information content (AvgIpc) is 1.99.